The maximum atomic E-state index is 12.7. The minimum absolute atomic E-state index is 0.0688. The summed E-state index contributed by atoms with van der Waals surface area (Å²) in [6.07, 6.45) is 2.34. The van der Waals surface area contributed by atoms with Gasteiger partial charge in [-0.2, -0.15) is 0 Å². The Morgan fingerprint density at radius 2 is 2.20 bits per heavy atom. The maximum Gasteiger partial charge on any atom is 0.254 e. The Balaban J connectivity index is 2.17. The highest BCUT2D eigenvalue weighted by Crippen LogP contribution is 2.18. The minimum atomic E-state index is 0.0688. The third-order valence-corrected chi connectivity index (χ3v) is 3.97. The van der Waals surface area contributed by atoms with Crippen molar-refractivity contribution in [3.8, 4) is 0 Å². The average molecular weight is 295 g/mol. The van der Waals surface area contributed by atoms with Crippen molar-refractivity contribution in [3.63, 3.8) is 0 Å². The second-order valence-corrected chi connectivity index (χ2v) is 6.30. The van der Waals surface area contributed by atoms with E-state index in [0.717, 1.165) is 25.1 Å². The summed E-state index contributed by atoms with van der Waals surface area (Å²) < 4.78 is 0. The summed E-state index contributed by atoms with van der Waals surface area (Å²) >= 11 is 6.07. The van der Waals surface area contributed by atoms with Crippen molar-refractivity contribution in [2.24, 2.45) is 0 Å². The highest BCUT2D eigenvalue weighted by molar-refractivity contribution is 6.31. The van der Waals surface area contributed by atoms with Crippen LogP contribution in [0.4, 0.5) is 0 Å². The molecule has 1 aliphatic rings. The number of benzene rings is 1. The number of amides is 1. The van der Waals surface area contributed by atoms with Gasteiger partial charge in [-0.3, -0.25) is 4.79 Å². The smallest absolute Gasteiger partial charge is 0.254 e. The molecular formula is C16H23ClN2O. The van der Waals surface area contributed by atoms with Gasteiger partial charge in [0.25, 0.3) is 5.91 Å². The monoisotopic (exact) mass is 294 g/mol. The van der Waals surface area contributed by atoms with Gasteiger partial charge in [-0.25, -0.2) is 0 Å². The molecule has 0 aliphatic carbocycles. The fourth-order valence-electron chi connectivity index (χ4n) is 2.70. The number of aryl methyl sites for hydroxylation is 1. The van der Waals surface area contributed by atoms with Crippen LogP contribution >= 0.6 is 11.6 Å². The molecule has 1 fully saturated rings. The topological polar surface area (TPSA) is 32.3 Å². The third kappa shape index (κ3) is 3.74. The first-order chi connectivity index (χ1) is 9.47. The zero-order valence-corrected chi connectivity index (χ0v) is 13.2. The van der Waals surface area contributed by atoms with E-state index in [0.29, 0.717) is 16.6 Å². The molecule has 1 unspecified atom stereocenters. The minimum Gasteiger partial charge on any atom is -0.335 e. The van der Waals surface area contributed by atoms with E-state index >= 15 is 0 Å². The van der Waals surface area contributed by atoms with Crippen molar-refractivity contribution in [1.29, 1.82) is 0 Å². The lowest BCUT2D eigenvalue weighted by Crippen LogP contribution is -2.44. The Labute approximate surface area is 126 Å². The number of hydrogen-bond acceptors (Lipinski definition) is 2. The number of rotatable bonds is 4. The van der Waals surface area contributed by atoms with Crippen LogP contribution in [0.5, 0.6) is 0 Å². The molecule has 0 saturated carbocycles. The predicted octanol–water partition coefficient (Wildman–Crippen LogP) is 3.25. The standard InChI is InChI=1S/C16H23ClN2O/c1-11(2)19(10-15-5-4-6-18-15)16(20)13-7-12(3)8-14(17)9-13/h7-9,11,15,18H,4-6,10H2,1-3H3. The van der Waals surface area contributed by atoms with Crippen LogP contribution < -0.4 is 5.32 Å². The van der Waals surface area contributed by atoms with E-state index in [4.69, 9.17) is 11.6 Å². The predicted molar refractivity (Wildman–Crippen MR) is 83.4 cm³/mol. The van der Waals surface area contributed by atoms with E-state index in [2.05, 4.69) is 19.2 Å². The molecule has 1 aliphatic heterocycles. The van der Waals surface area contributed by atoms with E-state index in [1.54, 1.807) is 6.07 Å². The van der Waals surface area contributed by atoms with Gasteiger partial charge in [-0.1, -0.05) is 11.6 Å². The van der Waals surface area contributed by atoms with E-state index < -0.39 is 0 Å². The van der Waals surface area contributed by atoms with Crippen LogP contribution in [0.2, 0.25) is 5.02 Å². The van der Waals surface area contributed by atoms with Gasteiger partial charge in [0.2, 0.25) is 0 Å². The Hall–Kier alpha value is -1.06. The molecule has 1 amide bonds. The number of carbonyl (C=O) groups is 1. The molecule has 20 heavy (non-hydrogen) atoms. The third-order valence-electron chi connectivity index (χ3n) is 3.75. The second-order valence-electron chi connectivity index (χ2n) is 5.86. The van der Waals surface area contributed by atoms with Crippen LogP contribution in [0.15, 0.2) is 18.2 Å². The quantitative estimate of drug-likeness (QED) is 0.924. The summed E-state index contributed by atoms with van der Waals surface area (Å²) in [5.41, 5.74) is 1.70. The van der Waals surface area contributed by atoms with Gasteiger partial charge in [-0.05, 0) is 63.9 Å². The van der Waals surface area contributed by atoms with Gasteiger partial charge in [-0.15, -0.1) is 0 Å². The average Bonchev–Trinajstić information content (AvgIpc) is 2.86. The number of hydrogen-bond donors (Lipinski definition) is 1. The lowest BCUT2D eigenvalue weighted by Gasteiger charge is -2.29. The molecular weight excluding hydrogens is 272 g/mol. The highest BCUT2D eigenvalue weighted by atomic mass is 35.5. The molecule has 0 aromatic heterocycles. The van der Waals surface area contributed by atoms with Crippen molar-refractivity contribution in [3.05, 3.63) is 34.3 Å². The molecule has 3 nitrogen and oxygen atoms in total. The van der Waals surface area contributed by atoms with Crippen LogP contribution in [-0.4, -0.2) is 36.0 Å². The summed E-state index contributed by atoms with van der Waals surface area (Å²) in [5.74, 6) is 0.0688. The van der Waals surface area contributed by atoms with E-state index in [-0.39, 0.29) is 11.9 Å². The molecule has 0 spiro atoms. The number of carbonyl (C=O) groups excluding carboxylic acids is 1. The largest absolute Gasteiger partial charge is 0.335 e. The van der Waals surface area contributed by atoms with E-state index in [9.17, 15) is 4.79 Å². The number of halogens is 1. The molecule has 2 rings (SSSR count). The SMILES string of the molecule is Cc1cc(Cl)cc(C(=O)N(CC2CCCN2)C(C)C)c1. The number of nitrogens with one attached hydrogen (secondary N) is 1. The van der Waals surface area contributed by atoms with Gasteiger partial charge in [0.15, 0.2) is 0 Å². The Bertz CT molecular complexity index is 461. The van der Waals surface area contributed by atoms with Gasteiger partial charge in [0.05, 0.1) is 0 Å². The fourth-order valence-corrected chi connectivity index (χ4v) is 2.99. The molecule has 1 aromatic carbocycles. The Morgan fingerprint density at radius 3 is 2.75 bits per heavy atom. The summed E-state index contributed by atoms with van der Waals surface area (Å²) in [4.78, 5) is 14.7. The lowest BCUT2D eigenvalue weighted by molar-refractivity contribution is 0.0689. The van der Waals surface area contributed by atoms with Crippen molar-refractivity contribution >= 4 is 17.5 Å². The Kier molecular flexibility index (Phi) is 5.06. The Morgan fingerprint density at radius 1 is 1.45 bits per heavy atom. The zero-order chi connectivity index (χ0) is 14.7. The van der Waals surface area contributed by atoms with Crippen LogP contribution in [0, 0.1) is 6.92 Å². The van der Waals surface area contributed by atoms with Gasteiger partial charge < -0.3 is 10.2 Å². The summed E-state index contributed by atoms with van der Waals surface area (Å²) in [6.45, 7) is 7.90. The van der Waals surface area contributed by atoms with Gasteiger partial charge in [0.1, 0.15) is 0 Å². The molecule has 110 valence electrons. The zero-order valence-electron chi connectivity index (χ0n) is 12.4. The van der Waals surface area contributed by atoms with Crippen molar-refractivity contribution in [2.75, 3.05) is 13.1 Å². The molecule has 1 saturated heterocycles. The molecule has 4 heteroatoms. The van der Waals surface area contributed by atoms with Gasteiger partial charge in [0, 0.05) is 29.2 Å². The number of nitrogens with zero attached hydrogens (tertiary/aromatic N) is 1. The summed E-state index contributed by atoms with van der Waals surface area (Å²) in [5, 5.41) is 4.07. The van der Waals surface area contributed by atoms with E-state index in [1.807, 2.05) is 24.0 Å². The van der Waals surface area contributed by atoms with Crippen molar-refractivity contribution < 1.29 is 4.79 Å². The lowest BCUT2D eigenvalue weighted by atomic mass is 10.1. The first-order valence-corrected chi connectivity index (χ1v) is 7.66. The normalized spacial score (nSPS) is 18.6. The molecule has 1 heterocycles. The first kappa shape index (κ1) is 15.3. The highest BCUT2D eigenvalue weighted by Gasteiger charge is 2.24. The van der Waals surface area contributed by atoms with Crippen molar-refractivity contribution in [2.45, 2.75) is 45.7 Å². The van der Waals surface area contributed by atoms with Crippen LogP contribution in [0.1, 0.15) is 42.6 Å². The molecule has 1 aromatic rings. The summed E-state index contributed by atoms with van der Waals surface area (Å²) in [6, 6.07) is 6.14. The second kappa shape index (κ2) is 6.59. The summed E-state index contributed by atoms with van der Waals surface area (Å²) in [7, 11) is 0. The van der Waals surface area contributed by atoms with Crippen molar-refractivity contribution in [1.82, 2.24) is 10.2 Å². The van der Waals surface area contributed by atoms with Crippen LogP contribution in [0.25, 0.3) is 0 Å². The molecule has 1 N–H and O–H groups in total. The van der Waals surface area contributed by atoms with Crippen LogP contribution in [-0.2, 0) is 0 Å². The van der Waals surface area contributed by atoms with Gasteiger partial charge >= 0.3 is 0 Å². The van der Waals surface area contributed by atoms with Crippen LogP contribution in [0.3, 0.4) is 0 Å². The molecule has 1 atom stereocenters. The molecule has 0 bridgehead atoms. The molecule has 0 radical (unpaired) electrons. The first-order valence-electron chi connectivity index (χ1n) is 7.29. The van der Waals surface area contributed by atoms with E-state index in [1.165, 1.54) is 6.42 Å². The maximum absolute atomic E-state index is 12.7. The fraction of sp³-hybridized carbons (Fsp3) is 0.562.